The van der Waals surface area contributed by atoms with Crippen LogP contribution in [0.3, 0.4) is 0 Å². The normalized spacial score (nSPS) is 10.2. The van der Waals surface area contributed by atoms with Gasteiger partial charge in [0, 0.05) is 5.56 Å². The van der Waals surface area contributed by atoms with E-state index < -0.39 is 12.4 Å². The minimum atomic E-state index is -1.08. The summed E-state index contributed by atoms with van der Waals surface area (Å²) in [5.74, 6) is -1.42. The molecule has 0 unspecified atom stereocenters. The lowest BCUT2D eigenvalue weighted by molar-refractivity contribution is -0.135. The Morgan fingerprint density at radius 3 is 2.29 bits per heavy atom. The van der Waals surface area contributed by atoms with Crippen LogP contribution in [0.5, 0.6) is 0 Å². The lowest BCUT2D eigenvalue weighted by Gasteiger charge is -2.02. The molecule has 0 bridgehead atoms. The van der Waals surface area contributed by atoms with Crippen LogP contribution in [0.4, 0.5) is 0 Å². The Hall–Kier alpha value is -1.64. The molecule has 0 radical (unpaired) electrons. The van der Waals surface area contributed by atoms with Gasteiger partial charge in [-0.1, -0.05) is 44.0 Å². The third-order valence-electron chi connectivity index (χ3n) is 2.66. The molecule has 0 heterocycles. The maximum Gasteiger partial charge on any atom is 0.311 e. The first-order chi connectivity index (χ1) is 8.13. The molecule has 1 aromatic carbocycles. The van der Waals surface area contributed by atoms with Crippen molar-refractivity contribution < 1.29 is 14.7 Å². The quantitative estimate of drug-likeness (QED) is 0.448. The zero-order valence-electron chi connectivity index (χ0n) is 10.1. The highest BCUT2D eigenvalue weighted by molar-refractivity contribution is 6.05. The number of hydrogen-bond donors (Lipinski definition) is 1. The molecule has 1 rings (SSSR count). The van der Waals surface area contributed by atoms with E-state index in [9.17, 15) is 9.59 Å². The first-order valence-electron chi connectivity index (χ1n) is 5.97. The standard InChI is InChI=1S/C14H18O3/c1-2-3-4-5-11-6-8-12(9-7-11)13(15)10-14(16)17/h6-9H,2-5,10H2,1H3,(H,16,17). The fraction of sp³-hybridized carbons (Fsp3) is 0.429. The second-order valence-corrected chi connectivity index (χ2v) is 4.15. The van der Waals surface area contributed by atoms with Crippen LogP contribution in [0.1, 0.15) is 48.5 Å². The molecule has 3 heteroatoms. The minimum absolute atomic E-state index is 0.336. The van der Waals surface area contributed by atoms with E-state index in [0.717, 1.165) is 12.8 Å². The number of aryl methyl sites for hydroxylation is 1. The average Bonchev–Trinajstić information content (AvgIpc) is 2.29. The lowest BCUT2D eigenvalue weighted by atomic mass is 10.0. The van der Waals surface area contributed by atoms with Crippen LogP contribution < -0.4 is 0 Å². The SMILES string of the molecule is CCCCCc1ccc(C(=O)CC(=O)O)cc1. The molecule has 1 aromatic rings. The number of carboxylic acids is 1. The molecule has 92 valence electrons. The highest BCUT2D eigenvalue weighted by atomic mass is 16.4. The van der Waals surface area contributed by atoms with E-state index in [2.05, 4.69) is 6.92 Å². The Morgan fingerprint density at radius 2 is 1.76 bits per heavy atom. The molecule has 0 aliphatic heterocycles. The summed E-state index contributed by atoms with van der Waals surface area (Å²) in [5.41, 5.74) is 1.68. The Kier molecular flexibility index (Phi) is 5.40. The van der Waals surface area contributed by atoms with E-state index in [4.69, 9.17) is 5.11 Å². The Morgan fingerprint density at radius 1 is 1.12 bits per heavy atom. The predicted molar refractivity (Wildman–Crippen MR) is 66.3 cm³/mol. The minimum Gasteiger partial charge on any atom is -0.481 e. The van der Waals surface area contributed by atoms with Gasteiger partial charge < -0.3 is 5.11 Å². The number of rotatable bonds is 7. The highest BCUT2D eigenvalue weighted by Gasteiger charge is 2.09. The van der Waals surface area contributed by atoms with Gasteiger partial charge in [-0.05, 0) is 18.4 Å². The topological polar surface area (TPSA) is 54.4 Å². The van der Waals surface area contributed by atoms with Crippen LogP contribution in [0, 0.1) is 0 Å². The summed E-state index contributed by atoms with van der Waals surface area (Å²) >= 11 is 0. The second-order valence-electron chi connectivity index (χ2n) is 4.15. The number of aliphatic carboxylic acids is 1. The lowest BCUT2D eigenvalue weighted by Crippen LogP contribution is -2.06. The van der Waals surface area contributed by atoms with Gasteiger partial charge in [0.05, 0.1) is 0 Å². The molecule has 1 N–H and O–H groups in total. The molecule has 3 nitrogen and oxygen atoms in total. The van der Waals surface area contributed by atoms with Crippen LogP contribution in [0.25, 0.3) is 0 Å². The third-order valence-corrected chi connectivity index (χ3v) is 2.66. The molecule has 0 atom stereocenters. The van der Waals surface area contributed by atoms with Crippen molar-refractivity contribution in [3.05, 3.63) is 35.4 Å². The van der Waals surface area contributed by atoms with E-state index in [1.807, 2.05) is 12.1 Å². The maximum atomic E-state index is 11.4. The van der Waals surface area contributed by atoms with E-state index in [-0.39, 0.29) is 5.78 Å². The van der Waals surface area contributed by atoms with Crippen LogP contribution in [0.15, 0.2) is 24.3 Å². The van der Waals surface area contributed by atoms with Crippen LogP contribution >= 0.6 is 0 Å². The van der Waals surface area contributed by atoms with E-state index in [1.54, 1.807) is 12.1 Å². The molecule has 0 fully saturated rings. The monoisotopic (exact) mass is 234 g/mol. The molecule has 0 saturated carbocycles. The molecule has 0 aliphatic rings. The number of unbranched alkanes of at least 4 members (excludes halogenated alkanes) is 2. The van der Waals surface area contributed by atoms with Gasteiger partial charge in [0.1, 0.15) is 6.42 Å². The second kappa shape index (κ2) is 6.84. The Labute approximate surface area is 101 Å². The zero-order chi connectivity index (χ0) is 12.7. The fourth-order valence-electron chi connectivity index (χ4n) is 1.68. The average molecular weight is 234 g/mol. The van der Waals surface area contributed by atoms with Gasteiger partial charge in [-0.2, -0.15) is 0 Å². The first-order valence-corrected chi connectivity index (χ1v) is 5.97. The van der Waals surface area contributed by atoms with Crippen molar-refractivity contribution in [3.63, 3.8) is 0 Å². The van der Waals surface area contributed by atoms with Crippen LogP contribution in [0.2, 0.25) is 0 Å². The molecule has 0 spiro atoms. The number of carbonyl (C=O) groups is 2. The summed E-state index contributed by atoms with van der Waals surface area (Å²) in [6.45, 7) is 2.16. The van der Waals surface area contributed by atoms with Crippen molar-refractivity contribution in [2.75, 3.05) is 0 Å². The number of Topliss-reactive ketones (excluding diaryl/α,β-unsaturated/α-hetero) is 1. The largest absolute Gasteiger partial charge is 0.481 e. The molecule has 0 aromatic heterocycles. The number of carbonyl (C=O) groups excluding carboxylic acids is 1. The maximum absolute atomic E-state index is 11.4. The summed E-state index contributed by atoms with van der Waals surface area (Å²) in [7, 11) is 0. The molecule has 17 heavy (non-hydrogen) atoms. The molecule has 0 saturated heterocycles. The van der Waals surface area contributed by atoms with Gasteiger partial charge >= 0.3 is 5.97 Å². The van der Waals surface area contributed by atoms with Crippen molar-refractivity contribution in [2.45, 2.75) is 39.0 Å². The van der Waals surface area contributed by atoms with Gasteiger partial charge in [-0.15, -0.1) is 0 Å². The van der Waals surface area contributed by atoms with E-state index >= 15 is 0 Å². The van der Waals surface area contributed by atoms with Crippen molar-refractivity contribution in [1.82, 2.24) is 0 Å². The van der Waals surface area contributed by atoms with Crippen molar-refractivity contribution in [2.24, 2.45) is 0 Å². The number of carboxylic acid groups (broad SMARTS) is 1. The molecule has 0 amide bonds. The number of hydrogen-bond acceptors (Lipinski definition) is 2. The molecular formula is C14H18O3. The number of ketones is 1. The van der Waals surface area contributed by atoms with Crippen LogP contribution in [-0.4, -0.2) is 16.9 Å². The Bertz CT molecular complexity index is 379. The van der Waals surface area contributed by atoms with E-state index in [0.29, 0.717) is 5.56 Å². The van der Waals surface area contributed by atoms with Gasteiger partial charge in [0.15, 0.2) is 5.78 Å². The van der Waals surface area contributed by atoms with Gasteiger partial charge in [0.2, 0.25) is 0 Å². The highest BCUT2D eigenvalue weighted by Crippen LogP contribution is 2.10. The fourth-order valence-corrected chi connectivity index (χ4v) is 1.68. The van der Waals surface area contributed by atoms with Gasteiger partial charge in [-0.3, -0.25) is 9.59 Å². The summed E-state index contributed by atoms with van der Waals surface area (Å²) in [5, 5.41) is 8.52. The van der Waals surface area contributed by atoms with E-state index in [1.165, 1.54) is 18.4 Å². The van der Waals surface area contributed by atoms with Gasteiger partial charge in [-0.25, -0.2) is 0 Å². The molecular weight excluding hydrogens is 216 g/mol. The summed E-state index contributed by atoms with van der Waals surface area (Å²) < 4.78 is 0. The predicted octanol–water partition coefficient (Wildman–Crippen LogP) is 3.08. The smallest absolute Gasteiger partial charge is 0.311 e. The number of benzene rings is 1. The Balaban J connectivity index is 2.55. The summed E-state index contributed by atoms with van der Waals surface area (Å²) in [6.07, 6.45) is 4.13. The van der Waals surface area contributed by atoms with Crippen LogP contribution in [-0.2, 0) is 11.2 Å². The zero-order valence-corrected chi connectivity index (χ0v) is 10.1. The van der Waals surface area contributed by atoms with Crippen molar-refractivity contribution in [1.29, 1.82) is 0 Å². The molecule has 0 aliphatic carbocycles. The summed E-state index contributed by atoms with van der Waals surface area (Å²) in [4.78, 5) is 21.8. The first kappa shape index (κ1) is 13.4. The van der Waals surface area contributed by atoms with Crippen molar-refractivity contribution >= 4 is 11.8 Å². The summed E-state index contributed by atoms with van der Waals surface area (Å²) in [6, 6.07) is 7.24. The van der Waals surface area contributed by atoms with Gasteiger partial charge in [0.25, 0.3) is 0 Å². The third kappa shape index (κ3) is 4.81. The van der Waals surface area contributed by atoms with Crippen molar-refractivity contribution in [3.8, 4) is 0 Å².